The number of hydrogen-bond acceptors (Lipinski definition) is 4. The molecular formula is C25H27NO4. The summed E-state index contributed by atoms with van der Waals surface area (Å²) in [5.74, 6) is 2.23. The number of nitrogens with one attached hydrogen (secondary N) is 1. The Morgan fingerprint density at radius 1 is 0.833 bits per heavy atom. The largest absolute Gasteiger partial charge is 0.490 e. The van der Waals surface area contributed by atoms with Gasteiger partial charge in [-0.1, -0.05) is 43.7 Å². The van der Waals surface area contributed by atoms with E-state index in [-0.39, 0.29) is 5.91 Å². The minimum absolute atomic E-state index is 0.250. The van der Waals surface area contributed by atoms with Gasteiger partial charge in [0.1, 0.15) is 5.75 Å². The Kier molecular flexibility index (Phi) is 7.72. The zero-order valence-corrected chi connectivity index (χ0v) is 17.4. The van der Waals surface area contributed by atoms with Gasteiger partial charge >= 0.3 is 0 Å². The molecule has 0 aliphatic heterocycles. The van der Waals surface area contributed by atoms with E-state index in [0.717, 1.165) is 12.8 Å². The third kappa shape index (κ3) is 5.77. The highest BCUT2D eigenvalue weighted by molar-refractivity contribution is 6.05. The Labute approximate surface area is 177 Å². The lowest BCUT2D eigenvalue weighted by molar-refractivity contribution is 0.102. The highest BCUT2D eigenvalue weighted by Gasteiger charge is 2.14. The molecular weight excluding hydrogens is 378 g/mol. The average Bonchev–Trinajstić information content (AvgIpc) is 2.77. The molecule has 0 heterocycles. The molecule has 3 aromatic rings. The molecule has 0 aromatic heterocycles. The SMILES string of the molecule is CCCCOc1ccc(C(=O)Nc2ccccc2Oc2ccccc2)cc1OCC. The molecule has 0 bridgehead atoms. The van der Waals surface area contributed by atoms with Crippen LogP contribution < -0.4 is 19.5 Å². The van der Waals surface area contributed by atoms with E-state index in [1.807, 2.05) is 61.5 Å². The normalized spacial score (nSPS) is 10.3. The first-order valence-electron chi connectivity index (χ1n) is 10.2. The lowest BCUT2D eigenvalue weighted by atomic mass is 10.1. The number of amides is 1. The van der Waals surface area contributed by atoms with Gasteiger partial charge in [-0.25, -0.2) is 0 Å². The van der Waals surface area contributed by atoms with Crippen molar-refractivity contribution in [2.75, 3.05) is 18.5 Å². The van der Waals surface area contributed by atoms with E-state index in [1.54, 1.807) is 18.2 Å². The Balaban J connectivity index is 1.76. The van der Waals surface area contributed by atoms with Crippen LogP contribution in [0, 0.1) is 0 Å². The second-order valence-corrected chi connectivity index (χ2v) is 6.66. The number of benzene rings is 3. The summed E-state index contributed by atoms with van der Waals surface area (Å²) in [6.07, 6.45) is 2.01. The van der Waals surface area contributed by atoms with Gasteiger partial charge in [0.25, 0.3) is 5.91 Å². The summed E-state index contributed by atoms with van der Waals surface area (Å²) in [6.45, 7) is 5.12. The highest BCUT2D eigenvalue weighted by Crippen LogP contribution is 2.31. The van der Waals surface area contributed by atoms with Gasteiger partial charge in [0.2, 0.25) is 0 Å². The van der Waals surface area contributed by atoms with Gasteiger partial charge in [-0.3, -0.25) is 4.79 Å². The summed E-state index contributed by atoms with van der Waals surface area (Å²) in [6, 6.07) is 22.0. The van der Waals surface area contributed by atoms with E-state index in [9.17, 15) is 4.79 Å². The van der Waals surface area contributed by atoms with Crippen molar-refractivity contribution >= 4 is 11.6 Å². The van der Waals surface area contributed by atoms with Crippen LogP contribution in [-0.4, -0.2) is 19.1 Å². The summed E-state index contributed by atoms with van der Waals surface area (Å²) in [7, 11) is 0. The Hall–Kier alpha value is -3.47. The van der Waals surface area contributed by atoms with Crippen LogP contribution in [0.15, 0.2) is 72.8 Å². The Morgan fingerprint density at radius 2 is 1.60 bits per heavy atom. The number of unbranched alkanes of at least 4 members (excludes halogenated alkanes) is 1. The molecule has 1 amide bonds. The fourth-order valence-corrected chi connectivity index (χ4v) is 2.83. The van der Waals surface area contributed by atoms with Crippen LogP contribution in [0.2, 0.25) is 0 Å². The van der Waals surface area contributed by atoms with Crippen LogP contribution in [-0.2, 0) is 0 Å². The van der Waals surface area contributed by atoms with Crippen molar-refractivity contribution in [3.05, 3.63) is 78.4 Å². The molecule has 156 valence electrons. The maximum Gasteiger partial charge on any atom is 0.255 e. The summed E-state index contributed by atoms with van der Waals surface area (Å²) in [5.41, 5.74) is 1.07. The molecule has 3 rings (SSSR count). The first kappa shape index (κ1) is 21.2. The first-order valence-corrected chi connectivity index (χ1v) is 10.2. The minimum atomic E-state index is -0.250. The zero-order chi connectivity index (χ0) is 21.2. The smallest absolute Gasteiger partial charge is 0.255 e. The molecule has 0 aliphatic rings. The maximum absolute atomic E-state index is 12.9. The third-order valence-corrected chi connectivity index (χ3v) is 4.37. The van der Waals surface area contributed by atoms with Crippen LogP contribution in [0.25, 0.3) is 0 Å². The molecule has 1 N–H and O–H groups in total. The number of carbonyl (C=O) groups excluding carboxylic acids is 1. The minimum Gasteiger partial charge on any atom is -0.490 e. The van der Waals surface area contributed by atoms with E-state index in [0.29, 0.717) is 47.5 Å². The topological polar surface area (TPSA) is 56.8 Å². The van der Waals surface area contributed by atoms with Crippen LogP contribution in [0.5, 0.6) is 23.0 Å². The van der Waals surface area contributed by atoms with Gasteiger partial charge in [0.05, 0.1) is 18.9 Å². The van der Waals surface area contributed by atoms with Crippen LogP contribution in [0.3, 0.4) is 0 Å². The number of hydrogen-bond donors (Lipinski definition) is 1. The van der Waals surface area contributed by atoms with Gasteiger partial charge in [-0.15, -0.1) is 0 Å². The van der Waals surface area contributed by atoms with Gasteiger partial charge < -0.3 is 19.5 Å². The molecule has 5 nitrogen and oxygen atoms in total. The van der Waals surface area contributed by atoms with Crippen LogP contribution in [0.4, 0.5) is 5.69 Å². The number of anilines is 1. The summed E-state index contributed by atoms with van der Waals surface area (Å²) < 4.78 is 17.4. The standard InChI is InChI=1S/C25H27NO4/c1-3-5-17-29-23-16-15-19(18-24(23)28-4-2)25(27)26-21-13-9-10-14-22(21)30-20-11-7-6-8-12-20/h6-16,18H,3-5,17H2,1-2H3,(H,26,27). The van der Waals surface area contributed by atoms with E-state index < -0.39 is 0 Å². The number of rotatable bonds is 10. The predicted octanol–water partition coefficient (Wildman–Crippen LogP) is 6.31. The fourth-order valence-electron chi connectivity index (χ4n) is 2.83. The van der Waals surface area contributed by atoms with Crippen molar-refractivity contribution in [2.24, 2.45) is 0 Å². The monoisotopic (exact) mass is 405 g/mol. The number of ether oxygens (including phenoxy) is 3. The van der Waals surface area contributed by atoms with Crippen molar-refractivity contribution in [1.29, 1.82) is 0 Å². The molecule has 0 atom stereocenters. The lowest BCUT2D eigenvalue weighted by Crippen LogP contribution is -2.13. The Morgan fingerprint density at radius 3 is 2.37 bits per heavy atom. The number of carbonyl (C=O) groups is 1. The predicted molar refractivity (Wildman–Crippen MR) is 119 cm³/mol. The quantitative estimate of drug-likeness (QED) is 0.402. The van der Waals surface area contributed by atoms with E-state index >= 15 is 0 Å². The molecule has 0 fully saturated rings. The van der Waals surface area contributed by atoms with Gasteiger partial charge in [-0.05, 0) is 55.8 Å². The summed E-state index contributed by atoms with van der Waals surface area (Å²) in [4.78, 5) is 12.9. The molecule has 0 aliphatic carbocycles. The fraction of sp³-hybridized carbons (Fsp3) is 0.240. The highest BCUT2D eigenvalue weighted by atomic mass is 16.5. The molecule has 0 spiro atoms. The Bertz CT molecular complexity index is 956. The molecule has 0 unspecified atom stereocenters. The second kappa shape index (κ2) is 10.9. The van der Waals surface area contributed by atoms with E-state index in [1.165, 1.54) is 0 Å². The average molecular weight is 405 g/mol. The van der Waals surface area contributed by atoms with Gasteiger partial charge in [-0.2, -0.15) is 0 Å². The summed E-state index contributed by atoms with van der Waals surface area (Å²) >= 11 is 0. The van der Waals surface area contributed by atoms with Crippen LogP contribution >= 0.6 is 0 Å². The van der Waals surface area contributed by atoms with E-state index in [4.69, 9.17) is 14.2 Å². The second-order valence-electron chi connectivity index (χ2n) is 6.66. The molecule has 0 radical (unpaired) electrons. The van der Waals surface area contributed by atoms with Gasteiger partial charge in [0.15, 0.2) is 17.2 Å². The summed E-state index contributed by atoms with van der Waals surface area (Å²) in [5, 5.41) is 2.93. The van der Waals surface area contributed by atoms with Crippen LogP contribution in [0.1, 0.15) is 37.0 Å². The van der Waals surface area contributed by atoms with Crippen molar-refractivity contribution in [3.63, 3.8) is 0 Å². The molecule has 5 heteroatoms. The van der Waals surface area contributed by atoms with Crippen molar-refractivity contribution in [1.82, 2.24) is 0 Å². The number of para-hydroxylation sites is 3. The first-order chi connectivity index (χ1) is 14.7. The van der Waals surface area contributed by atoms with Crippen molar-refractivity contribution in [2.45, 2.75) is 26.7 Å². The lowest BCUT2D eigenvalue weighted by Gasteiger charge is -2.14. The maximum atomic E-state index is 12.9. The zero-order valence-electron chi connectivity index (χ0n) is 17.4. The third-order valence-electron chi connectivity index (χ3n) is 4.37. The van der Waals surface area contributed by atoms with Crippen molar-refractivity contribution < 1.29 is 19.0 Å². The van der Waals surface area contributed by atoms with E-state index in [2.05, 4.69) is 12.2 Å². The molecule has 30 heavy (non-hydrogen) atoms. The molecule has 0 saturated heterocycles. The molecule has 0 saturated carbocycles. The van der Waals surface area contributed by atoms with Crippen molar-refractivity contribution in [3.8, 4) is 23.0 Å². The van der Waals surface area contributed by atoms with Gasteiger partial charge in [0, 0.05) is 5.56 Å². The molecule has 3 aromatic carbocycles.